The first-order valence-corrected chi connectivity index (χ1v) is 9.87. The van der Waals surface area contributed by atoms with Gasteiger partial charge in [-0.3, -0.25) is 4.40 Å². The number of thiazole rings is 1. The van der Waals surface area contributed by atoms with E-state index < -0.39 is 10.0 Å². The SMILES string of the molecule is CNc1nc2sccn2c1S(=O)(=O)NCC(C)CSC. The van der Waals surface area contributed by atoms with Crippen molar-refractivity contribution in [3.05, 3.63) is 11.6 Å². The molecular formula is C11H18N4O2S3. The number of hydrogen-bond acceptors (Lipinski definition) is 6. The molecule has 0 fully saturated rings. The number of rotatable bonds is 7. The van der Waals surface area contributed by atoms with E-state index in [9.17, 15) is 8.42 Å². The Balaban J connectivity index is 2.29. The lowest BCUT2D eigenvalue weighted by Gasteiger charge is -2.12. The van der Waals surface area contributed by atoms with Crippen molar-refractivity contribution in [1.29, 1.82) is 0 Å². The van der Waals surface area contributed by atoms with Crippen molar-refractivity contribution in [3.63, 3.8) is 0 Å². The van der Waals surface area contributed by atoms with Gasteiger partial charge in [0.1, 0.15) is 0 Å². The Morgan fingerprint density at radius 3 is 2.95 bits per heavy atom. The zero-order valence-corrected chi connectivity index (χ0v) is 14.0. The van der Waals surface area contributed by atoms with Crippen molar-refractivity contribution in [2.45, 2.75) is 11.9 Å². The van der Waals surface area contributed by atoms with Gasteiger partial charge in [-0.05, 0) is 17.9 Å². The molecule has 0 aliphatic heterocycles. The molecule has 6 nitrogen and oxygen atoms in total. The fourth-order valence-corrected chi connectivity index (χ4v) is 4.76. The molecule has 0 amide bonds. The lowest BCUT2D eigenvalue weighted by atomic mass is 10.2. The fraction of sp³-hybridized carbons (Fsp3) is 0.545. The van der Waals surface area contributed by atoms with Crippen LogP contribution < -0.4 is 10.0 Å². The van der Waals surface area contributed by atoms with Gasteiger partial charge in [0.25, 0.3) is 10.0 Å². The summed E-state index contributed by atoms with van der Waals surface area (Å²) in [6, 6.07) is 0. The Morgan fingerprint density at radius 2 is 2.30 bits per heavy atom. The second-order valence-corrected chi connectivity index (χ2v) is 7.95. The van der Waals surface area contributed by atoms with Gasteiger partial charge in [0.15, 0.2) is 15.8 Å². The Hall–Kier alpha value is -0.770. The van der Waals surface area contributed by atoms with Gasteiger partial charge in [0.05, 0.1) is 0 Å². The quantitative estimate of drug-likeness (QED) is 0.806. The summed E-state index contributed by atoms with van der Waals surface area (Å²) in [5.41, 5.74) is 0. The summed E-state index contributed by atoms with van der Waals surface area (Å²) in [5.74, 6) is 1.58. The van der Waals surface area contributed by atoms with Gasteiger partial charge in [-0.1, -0.05) is 6.92 Å². The van der Waals surface area contributed by atoms with Crippen molar-refractivity contribution in [3.8, 4) is 0 Å². The number of nitrogens with zero attached hydrogens (tertiary/aromatic N) is 2. The van der Waals surface area contributed by atoms with Crippen LogP contribution in [0.5, 0.6) is 0 Å². The Bertz CT molecular complexity index is 677. The molecule has 2 heterocycles. The van der Waals surface area contributed by atoms with E-state index in [4.69, 9.17) is 0 Å². The summed E-state index contributed by atoms with van der Waals surface area (Å²) in [5, 5.41) is 4.83. The number of imidazole rings is 1. The van der Waals surface area contributed by atoms with Gasteiger partial charge in [0, 0.05) is 25.2 Å². The molecule has 0 aliphatic rings. The van der Waals surface area contributed by atoms with Gasteiger partial charge >= 0.3 is 0 Å². The lowest BCUT2D eigenvalue weighted by molar-refractivity contribution is 0.559. The topological polar surface area (TPSA) is 75.5 Å². The van der Waals surface area contributed by atoms with Crippen molar-refractivity contribution in [2.24, 2.45) is 5.92 Å². The van der Waals surface area contributed by atoms with Crippen LogP contribution in [0.1, 0.15) is 6.92 Å². The molecule has 1 unspecified atom stereocenters. The van der Waals surface area contributed by atoms with E-state index in [-0.39, 0.29) is 10.9 Å². The molecule has 112 valence electrons. The van der Waals surface area contributed by atoms with E-state index in [1.54, 1.807) is 29.4 Å². The van der Waals surface area contributed by atoms with Crippen LogP contribution in [0.4, 0.5) is 5.82 Å². The van der Waals surface area contributed by atoms with Crippen molar-refractivity contribution < 1.29 is 8.42 Å². The van der Waals surface area contributed by atoms with Crippen LogP contribution in [0.3, 0.4) is 0 Å². The molecule has 2 aromatic heterocycles. The molecule has 2 aromatic rings. The normalized spacial score (nSPS) is 13.8. The Morgan fingerprint density at radius 1 is 1.55 bits per heavy atom. The summed E-state index contributed by atoms with van der Waals surface area (Å²) in [7, 11) is -1.92. The minimum Gasteiger partial charge on any atom is -0.371 e. The predicted octanol–water partition coefficient (Wildman–Crippen LogP) is 1.71. The highest BCUT2D eigenvalue weighted by molar-refractivity contribution is 7.98. The van der Waals surface area contributed by atoms with Crippen LogP contribution in [0.15, 0.2) is 16.6 Å². The molecule has 0 saturated carbocycles. The molecule has 0 aliphatic carbocycles. The van der Waals surface area contributed by atoms with Crippen LogP contribution >= 0.6 is 23.1 Å². The number of nitrogens with one attached hydrogen (secondary N) is 2. The van der Waals surface area contributed by atoms with Crippen molar-refractivity contribution in [1.82, 2.24) is 14.1 Å². The standard InChI is InChI=1S/C11H18N4O2S3/c1-8(7-18-3)6-13-20(16,17)10-9(12-2)14-11-15(10)4-5-19-11/h4-5,8,12-13H,6-7H2,1-3H3. The van der Waals surface area contributed by atoms with Crippen LogP contribution in [0.25, 0.3) is 4.96 Å². The van der Waals surface area contributed by atoms with Gasteiger partial charge in [-0.25, -0.2) is 18.1 Å². The molecule has 0 aromatic carbocycles. The van der Waals surface area contributed by atoms with E-state index >= 15 is 0 Å². The van der Waals surface area contributed by atoms with E-state index in [0.717, 1.165) is 5.75 Å². The summed E-state index contributed by atoms with van der Waals surface area (Å²) < 4.78 is 29.2. The van der Waals surface area contributed by atoms with E-state index in [0.29, 0.717) is 17.3 Å². The predicted molar refractivity (Wildman–Crippen MR) is 85.4 cm³/mol. The largest absolute Gasteiger partial charge is 0.371 e. The number of anilines is 1. The first kappa shape index (κ1) is 15.6. The molecule has 1 atom stereocenters. The molecule has 2 rings (SSSR count). The maximum atomic E-state index is 12.5. The third-order valence-corrected chi connectivity index (χ3v) is 5.89. The Labute approximate surface area is 127 Å². The summed E-state index contributed by atoms with van der Waals surface area (Å²) in [4.78, 5) is 4.93. The molecule has 0 saturated heterocycles. The monoisotopic (exact) mass is 334 g/mol. The molecule has 0 bridgehead atoms. The van der Waals surface area contributed by atoms with Crippen LogP contribution in [-0.4, -0.2) is 43.4 Å². The van der Waals surface area contributed by atoms with Gasteiger partial charge < -0.3 is 5.32 Å². The highest BCUT2D eigenvalue weighted by atomic mass is 32.2. The minimum atomic E-state index is -3.58. The third-order valence-electron chi connectivity index (χ3n) is 2.78. The fourth-order valence-electron chi connectivity index (χ4n) is 1.85. The molecular weight excluding hydrogens is 316 g/mol. The smallest absolute Gasteiger partial charge is 0.260 e. The second-order valence-electron chi connectivity index (χ2n) is 4.48. The third kappa shape index (κ3) is 3.11. The molecule has 20 heavy (non-hydrogen) atoms. The van der Waals surface area contributed by atoms with Crippen molar-refractivity contribution >= 4 is 43.9 Å². The first-order chi connectivity index (χ1) is 9.49. The van der Waals surface area contributed by atoms with Gasteiger partial charge in [0.2, 0.25) is 0 Å². The minimum absolute atomic E-state index is 0.174. The van der Waals surface area contributed by atoms with E-state index in [1.165, 1.54) is 11.3 Å². The first-order valence-electron chi connectivity index (χ1n) is 6.11. The maximum absolute atomic E-state index is 12.5. The van der Waals surface area contributed by atoms with Gasteiger partial charge in [-0.15, -0.1) is 11.3 Å². The molecule has 0 spiro atoms. The number of aromatic nitrogens is 2. The zero-order chi connectivity index (χ0) is 14.8. The number of fused-ring (bicyclic) bond motifs is 1. The second kappa shape index (κ2) is 6.33. The lowest BCUT2D eigenvalue weighted by Crippen LogP contribution is -2.30. The average molecular weight is 334 g/mol. The van der Waals surface area contributed by atoms with Crippen LogP contribution in [0, 0.1) is 5.92 Å². The molecule has 2 N–H and O–H groups in total. The number of sulfonamides is 1. The van der Waals surface area contributed by atoms with E-state index in [1.807, 2.05) is 18.6 Å². The van der Waals surface area contributed by atoms with Crippen LogP contribution in [-0.2, 0) is 10.0 Å². The maximum Gasteiger partial charge on any atom is 0.260 e. The summed E-state index contributed by atoms with van der Waals surface area (Å²) in [6.07, 6.45) is 3.73. The molecule has 9 heteroatoms. The average Bonchev–Trinajstić information content (AvgIpc) is 2.96. The number of hydrogen-bond donors (Lipinski definition) is 2. The zero-order valence-electron chi connectivity index (χ0n) is 11.6. The summed E-state index contributed by atoms with van der Waals surface area (Å²) in [6.45, 7) is 2.44. The van der Waals surface area contributed by atoms with Crippen molar-refractivity contribution in [2.75, 3.05) is 30.9 Å². The molecule has 0 radical (unpaired) electrons. The summed E-state index contributed by atoms with van der Waals surface area (Å²) >= 11 is 3.11. The van der Waals surface area contributed by atoms with E-state index in [2.05, 4.69) is 15.0 Å². The number of thioether (sulfide) groups is 1. The highest BCUT2D eigenvalue weighted by Crippen LogP contribution is 2.25. The Kier molecular flexibility index (Phi) is 4.95. The highest BCUT2D eigenvalue weighted by Gasteiger charge is 2.25. The van der Waals surface area contributed by atoms with Crippen LogP contribution in [0.2, 0.25) is 0 Å². The van der Waals surface area contributed by atoms with Gasteiger partial charge in [-0.2, -0.15) is 11.8 Å².